The summed E-state index contributed by atoms with van der Waals surface area (Å²) >= 11 is 12.7. The molecule has 1 amide bonds. The summed E-state index contributed by atoms with van der Waals surface area (Å²) in [6, 6.07) is 26.3. The Labute approximate surface area is 234 Å². The Morgan fingerprint density at radius 2 is 1.69 bits per heavy atom. The standard InChI is InChI=1S/C30H21Cl2N3O4/c1-38-22-12-7-11-19(14-22)30(37)39-25-13-6-5-10-20(25)17-33-35-29(36)28-26(18-8-3-2-4-9-18)23-15-21(31)16-24(32)27(23)34-28/h2-17,34H,1H3,(H,35,36). The van der Waals surface area contributed by atoms with Gasteiger partial charge in [-0.2, -0.15) is 5.10 Å². The van der Waals surface area contributed by atoms with E-state index in [1.54, 1.807) is 60.7 Å². The summed E-state index contributed by atoms with van der Waals surface area (Å²) in [5.41, 5.74) is 5.69. The molecule has 0 radical (unpaired) electrons. The lowest BCUT2D eigenvalue weighted by Gasteiger charge is -2.08. The topological polar surface area (TPSA) is 92.8 Å². The molecule has 0 aliphatic rings. The minimum Gasteiger partial charge on any atom is -0.497 e. The Morgan fingerprint density at radius 1 is 0.923 bits per heavy atom. The molecule has 0 spiro atoms. The lowest BCUT2D eigenvalue weighted by molar-refractivity contribution is 0.0733. The van der Waals surface area contributed by atoms with E-state index in [0.717, 1.165) is 5.56 Å². The van der Waals surface area contributed by atoms with Crippen LogP contribution in [0.4, 0.5) is 0 Å². The maximum absolute atomic E-state index is 13.3. The van der Waals surface area contributed by atoms with E-state index in [0.29, 0.717) is 43.4 Å². The van der Waals surface area contributed by atoms with Crippen LogP contribution in [0.3, 0.4) is 0 Å². The number of amides is 1. The number of aromatic amines is 1. The van der Waals surface area contributed by atoms with Crippen LogP contribution in [0, 0.1) is 0 Å². The van der Waals surface area contributed by atoms with Crippen molar-refractivity contribution < 1.29 is 19.1 Å². The summed E-state index contributed by atoms with van der Waals surface area (Å²) in [5.74, 6) is -0.225. The van der Waals surface area contributed by atoms with Gasteiger partial charge in [0, 0.05) is 21.5 Å². The summed E-state index contributed by atoms with van der Waals surface area (Å²) in [5, 5.41) is 5.67. The van der Waals surface area contributed by atoms with Crippen LogP contribution in [-0.4, -0.2) is 30.2 Å². The largest absolute Gasteiger partial charge is 0.497 e. The highest BCUT2D eigenvalue weighted by Crippen LogP contribution is 2.37. The van der Waals surface area contributed by atoms with Crippen molar-refractivity contribution in [3.8, 4) is 22.6 Å². The first-order valence-corrected chi connectivity index (χ1v) is 12.5. The fourth-order valence-corrected chi connectivity index (χ4v) is 4.64. The summed E-state index contributed by atoms with van der Waals surface area (Å²) in [6.07, 6.45) is 1.40. The molecule has 0 saturated heterocycles. The number of benzene rings is 4. The number of H-pyrrole nitrogens is 1. The molecule has 0 saturated carbocycles. The summed E-state index contributed by atoms with van der Waals surface area (Å²) in [6.45, 7) is 0. The quantitative estimate of drug-likeness (QED) is 0.0962. The number of ether oxygens (including phenoxy) is 2. The number of aromatic nitrogens is 1. The van der Waals surface area contributed by atoms with Gasteiger partial charge in [0.15, 0.2) is 0 Å². The summed E-state index contributed by atoms with van der Waals surface area (Å²) in [7, 11) is 1.52. The molecule has 1 heterocycles. The third-order valence-electron chi connectivity index (χ3n) is 5.91. The fourth-order valence-electron chi connectivity index (χ4n) is 4.10. The number of para-hydroxylation sites is 1. The van der Waals surface area contributed by atoms with Crippen molar-refractivity contribution in [3.05, 3.63) is 118 Å². The average molecular weight is 558 g/mol. The zero-order valence-corrected chi connectivity index (χ0v) is 22.1. The molecular formula is C30H21Cl2N3O4. The molecule has 0 bridgehead atoms. The molecule has 0 fully saturated rings. The zero-order chi connectivity index (χ0) is 27.4. The van der Waals surface area contributed by atoms with Gasteiger partial charge in [0.2, 0.25) is 0 Å². The Morgan fingerprint density at radius 3 is 2.49 bits per heavy atom. The molecule has 194 valence electrons. The third kappa shape index (κ3) is 5.65. The van der Waals surface area contributed by atoms with Crippen LogP contribution in [0.5, 0.6) is 11.5 Å². The van der Waals surface area contributed by atoms with E-state index >= 15 is 0 Å². The molecule has 0 aliphatic carbocycles. The van der Waals surface area contributed by atoms with Gasteiger partial charge in [0.25, 0.3) is 5.91 Å². The monoisotopic (exact) mass is 557 g/mol. The van der Waals surface area contributed by atoms with Crippen LogP contribution in [0.25, 0.3) is 22.0 Å². The van der Waals surface area contributed by atoms with Gasteiger partial charge in [0.05, 0.1) is 29.4 Å². The minimum atomic E-state index is -0.556. The van der Waals surface area contributed by atoms with Gasteiger partial charge < -0.3 is 14.5 Å². The maximum atomic E-state index is 13.3. The Balaban J connectivity index is 1.40. The Kier molecular flexibility index (Phi) is 7.63. The molecule has 39 heavy (non-hydrogen) atoms. The predicted octanol–water partition coefficient (Wildman–Crippen LogP) is 7.13. The number of carbonyl (C=O) groups is 2. The number of hydrogen-bond acceptors (Lipinski definition) is 5. The molecule has 4 aromatic carbocycles. The lowest BCUT2D eigenvalue weighted by Crippen LogP contribution is -2.19. The van der Waals surface area contributed by atoms with Crippen LogP contribution in [-0.2, 0) is 0 Å². The third-order valence-corrected chi connectivity index (χ3v) is 6.43. The first-order valence-electron chi connectivity index (χ1n) is 11.8. The van der Waals surface area contributed by atoms with Crippen molar-refractivity contribution >= 4 is 52.2 Å². The summed E-state index contributed by atoms with van der Waals surface area (Å²) < 4.78 is 10.8. The van der Waals surface area contributed by atoms with E-state index in [2.05, 4.69) is 15.5 Å². The number of nitrogens with one attached hydrogen (secondary N) is 2. The minimum absolute atomic E-state index is 0.273. The van der Waals surface area contributed by atoms with Crippen LogP contribution >= 0.6 is 23.2 Å². The number of methoxy groups -OCH3 is 1. The van der Waals surface area contributed by atoms with E-state index in [1.165, 1.54) is 13.3 Å². The second kappa shape index (κ2) is 11.4. The highest BCUT2D eigenvalue weighted by atomic mass is 35.5. The van der Waals surface area contributed by atoms with Crippen LogP contribution in [0.2, 0.25) is 10.0 Å². The highest BCUT2D eigenvalue weighted by Gasteiger charge is 2.21. The van der Waals surface area contributed by atoms with Crippen LogP contribution in [0.1, 0.15) is 26.4 Å². The smallest absolute Gasteiger partial charge is 0.343 e. The molecule has 2 N–H and O–H groups in total. The van der Waals surface area contributed by atoms with Crippen molar-refractivity contribution in [2.45, 2.75) is 0 Å². The van der Waals surface area contributed by atoms with Gasteiger partial charge >= 0.3 is 5.97 Å². The number of fused-ring (bicyclic) bond motifs is 1. The Hall–Kier alpha value is -4.59. The first kappa shape index (κ1) is 26.0. The van der Waals surface area contributed by atoms with Crippen molar-refractivity contribution in [2.75, 3.05) is 7.11 Å². The lowest BCUT2D eigenvalue weighted by atomic mass is 10.0. The van der Waals surface area contributed by atoms with Gasteiger partial charge in [-0.25, -0.2) is 10.2 Å². The number of hydrazone groups is 1. The SMILES string of the molecule is COc1cccc(C(=O)Oc2ccccc2C=NNC(=O)c2[nH]c3c(Cl)cc(Cl)cc3c2-c2ccccc2)c1. The van der Waals surface area contributed by atoms with Crippen LogP contribution < -0.4 is 14.9 Å². The van der Waals surface area contributed by atoms with Gasteiger partial charge in [-0.1, -0.05) is 71.7 Å². The predicted molar refractivity (Wildman–Crippen MR) is 153 cm³/mol. The van der Waals surface area contributed by atoms with Gasteiger partial charge in [0.1, 0.15) is 17.2 Å². The number of nitrogens with zero attached hydrogens (tertiary/aromatic N) is 1. The molecule has 0 atom stereocenters. The van der Waals surface area contributed by atoms with Crippen molar-refractivity contribution in [3.63, 3.8) is 0 Å². The molecule has 5 aromatic rings. The van der Waals surface area contributed by atoms with Gasteiger partial charge in [-0.15, -0.1) is 0 Å². The molecule has 9 heteroatoms. The van der Waals surface area contributed by atoms with E-state index in [-0.39, 0.29) is 11.4 Å². The zero-order valence-electron chi connectivity index (χ0n) is 20.6. The second-order valence-corrected chi connectivity index (χ2v) is 9.25. The molecule has 5 rings (SSSR count). The molecule has 0 unspecified atom stereocenters. The fraction of sp³-hybridized carbons (Fsp3) is 0.0333. The number of rotatable bonds is 7. The van der Waals surface area contributed by atoms with Gasteiger partial charge in [-0.3, -0.25) is 4.79 Å². The average Bonchev–Trinajstić information content (AvgIpc) is 3.34. The van der Waals surface area contributed by atoms with Crippen molar-refractivity contribution in [1.29, 1.82) is 0 Å². The van der Waals surface area contributed by atoms with E-state index in [1.807, 2.05) is 30.3 Å². The van der Waals surface area contributed by atoms with Crippen LogP contribution in [0.15, 0.2) is 96.1 Å². The molecule has 7 nitrogen and oxygen atoms in total. The summed E-state index contributed by atoms with van der Waals surface area (Å²) in [4.78, 5) is 29.1. The number of halogens is 2. The number of hydrogen-bond donors (Lipinski definition) is 2. The first-order chi connectivity index (χ1) is 18.9. The number of esters is 1. The van der Waals surface area contributed by atoms with Crippen molar-refractivity contribution in [2.24, 2.45) is 5.10 Å². The molecule has 0 aliphatic heterocycles. The van der Waals surface area contributed by atoms with E-state index in [4.69, 9.17) is 32.7 Å². The van der Waals surface area contributed by atoms with E-state index < -0.39 is 11.9 Å². The second-order valence-electron chi connectivity index (χ2n) is 8.41. The van der Waals surface area contributed by atoms with Crippen molar-refractivity contribution in [1.82, 2.24) is 10.4 Å². The van der Waals surface area contributed by atoms with E-state index in [9.17, 15) is 9.59 Å². The van der Waals surface area contributed by atoms with Gasteiger partial charge in [-0.05, 0) is 48.0 Å². The highest BCUT2D eigenvalue weighted by molar-refractivity contribution is 6.39. The maximum Gasteiger partial charge on any atom is 0.343 e. The molecular weight excluding hydrogens is 537 g/mol. The molecule has 1 aromatic heterocycles. The normalized spacial score (nSPS) is 11.1. The Bertz CT molecular complexity index is 1710. The number of carbonyl (C=O) groups excluding carboxylic acids is 2.